The molecule has 1 atom stereocenters. The molecule has 0 radical (unpaired) electrons. The van der Waals surface area contributed by atoms with Crippen molar-refractivity contribution in [2.45, 2.75) is 31.9 Å². The quantitative estimate of drug-likeness (QED) is 0.198. The van der Waals surface area contributed by atoms with Crippen molar-refractivity contribution >= 4 is 35.5 Å². The molecule has 10 heteroatoms. The van der Waals surface area contributed by atoms with Gasteiger partial charge in [0.1, 0.15) is 17.8 Å². The normalized spacial score (nSPS) is 16.1. The smallest absolute Gasteiger partial charge is 0.168 e. The predicted octanol–water partition coefficient (Wildman–Crippen LogP) is 6.24. The molecule has 1 N–H and O–H groups in total. The van der Waals surface area contributed by atoms with Crippen LogP contribution < -0.4 is 4.74 Å². The van der Waals surface area contributed by atoms with Gasteiger partial charge in [0, 0.05) is 47.3 Å². The lowest BCUT2D eigenvalue weighted by Crippen LogP contribution is -2.18. The zero-order valence-electron chi connectivity index (χ0n) is 19.6. The van der Waals surface area contributed by atoms with Gasteiger partial charge in [0.05, 0.1) is 17.8 Å². The van der Waals surface area contributed by atoms with Gasteiger partial charge in [0.25, 0.3) is 0 Å². The van der Waals surface area contributed by atoms with Crippen LogP contribution in [0.1, 0.15) is 31.1 Å². The average molecular weight is 532 g/mol. The van der Waals surface area contributed by atoms with Gasteiger partial charge < -0.3 is 14.6 Å². The lowest BCUT2D eigenvalue weighted by atomic mass is 10.1. The molecule has 2 aromatic carbocycles. The first-order valence-corrected chi connectivity index (χ1v) is 13.5. The number of halogens is 2. The van der Waals surface area contributed by atoms with Crippen molar-refractivity contribution in [3.63, 3.8) is 0 Å². The first kappa shape index (κ1) is 25.1. The SMILES string of the molecule is OCCSCCc1c(Oc2ccc(F)c(-c3ccn(C4CCCCO4)n3)c2)c(F)cc2c1ccn2S. The van der Waals surface area contributed by atoms with E-state index in [1.165, 1.54) is 18.2 Å². The maximum atomic E-state index is 15.3. The van der Waals surface area contributed by atoms with Crippen molar-refractivity contribution in [3.8, 4) is 22.8 Å². The van der Waals surface area contributed by atoms with Crippen LogP contribution >= 0.6 is 24.6 Å². The molecule has 6 nitrogen and oxygen atoms in total. The Bertz CT molecular complexity index is 1350. The van der Waals surface area contributed by atoms with Crippen molar-refractivity contribution in [1.29, 1.82) is 0 Å². The molecule has 1 aliphatic rings. The Hall–Kier alpha value is -2.53. The molecular weight excluding hydrogens is 504 g/mol. The average Bonchev–Trinajstić information content (AvgIpc) is 3.52. The van der Waals surface area contributed by atoms with Crippen molar-refractivity contribution in [2.75, 3.05) is 24.7 Å². The fraction of sp³-hybridized carbons (Fsp3) is 0.346. The van der Waals surface area contributed by atoms with Gasteiger partial charge in [-0.05, 0) is 61.8 Å². The predicted molar refractivity (Wildman–Crippen MR) is 141 cm³/mol. The molecule has 1 unspecified atom stereocenters. The number of hydrogen-bond acceptors (Lipinski definition) is 6. The molecule has 1 fully saturated rings. The van der Waals surface area contributed by atoms with Crippen molar-refractivity contribution in [2.24, 2.45) is 0 Å². The molecule has 0 spiro atoms. The second-order valence-electron chi connectivity index (χ2n) is 8.59. The number of aromatic nitrogens is 3. The molecule has 3 heterocycles. The van der Waals surface area contributed by atoms with Gasteiger partial charge >= 0.3 is 0 Å². The highest BCUT2D eigenvalue weighted by Crippen LogP contribution is 2.37. The minimum absolute atomic E-state index is 0.0839. The maximum Gasteiger partial charge on any atom is 0.168 e. The van der Waals surface area contributed by atoms with Crippen molar-refractivity contribution in [3.05, 3.63) is 66.0 Å². The van der Waals surface area contributed by atoms with Crippen molar-refractivity contribution < 1.29 is 23.4 Å². The van der Waals surface area contributed by atoms with E-state index in [4.69, 9.17) is 14.6 Å². The topological polar surface area (TPSA) is 61.4 Å². The van der Waals surface area contributed by atoms with Gasteiger partial charge in [0.2, 0.25) is 0 Å². The van der Waals surface area contributed by atoms with E-state index in [0.717, 1.165) is 24.6 Å². The summed E-state index contributed by atoms with van der Waals surface area (Å²) in [6, 6.07) is 9.33. The van der Waals surface area contributed by atoms with E-state index < -0.39 is 11.6 Å². The summed E-state index contributed by atoms with van der Waals surface area (Å²) < 4.78 is 45.2. The van der Waals surface area contributed by atoms with E-state index in [1.54, 1.807) is 44.9 Å². The molecule has 0 saturated carbocycles. The largest absolute Gasteiger partial charge is 0.454 e. The van der Waals surface area contributed by atoms with E-state index >= 15 is 4.39 Å². The van der Waals surface area contributed by atoms with Crippen LogP contribution in [0.15, 0.2) is 48.8 Å². The lowest BCUT2D eigenvalue weighted by Gasteiger charge is -2.22. The number of ether oxygens (including phenoxy) is 2. The summed E-state index contributed by atoms with van der Waals surface area (Å²) in [6.07, 6.45) is 6.88. The van der Waals surface area contributed by atoms with Crippen LogP contribution in [0, 0.1) is 11.6 Å². The molecule has 4 aromatic rings. The molecule has 1 saturated heterocycles. The molecular formula is C26H27F2N3O3S2. The second kappa shape index (κ2) is 11.2. The Morgan fingerprint density at radius 1 is 1.11 bits per heavy atom. The van der Waals surface area contributed by atoms with Gasteiger partial charge in [-0.3, -0.25) is 3.97 Å². The van der Waals surface area contributed by atoms with Crippen LogP contribution in [0.5, 0.6) is 11.5 Å². The minimum atomic E-state index is -0.525. The third-order valence-corrected chi connectivity index (χ3v) is 7.52. The Morgan fingerprint density at radius 2 is 2.00 bits per heavy atom. The maximum absolute atomic E-state index is 15.3. The van der Waals surface area contributed by atoms with Crippen LogP contribution in [-0.2, 0) is 11.2 Å². The zero-order valence-corrected chi connectivity index (χ0v) is 21.3. The third kappa shape index (κ3) is 5.27. The molecule has 1 aliphatic heterocycles. The summed E-state index contributed by atoms with van der Waals surface area (Å²) in [5.41, 5.74) is 2.06. The summed E-state index contributed by atoms with van der Waals surface area (Å²) in [7, 11) is 0. The molecule has 5 rings (SSSR count). The monoisotopic (exact) mass is 531 g/mol. The number of nitrogens with zero attached hydrogens (tertiary/aromatic N) is 3. The van der Waals surface area contributed by atoms with Gasteiger partial charge in [-0.2, -0.15) is 16.9 Å². The molecule has 0 aliphatic carbocycles. The van der Waals surface area contributed by atoms with E-state index in [9.17, 15) is 4.39 Å². The summed E-state index contributed by atoms with van der Waals surface area (Å²) in [5.74, 6) is 0.724. The number of thiol groups is 1. The van der Waals surface area contributed by atoms with Gasteiger partial charge in [0.15, 0.2) is 11.6 Å². The highest BCUT2D eigenvalue weighted by molar-refractivity contribution is 7.99. The molecule has 0 amide bonds. The molecule has 190 valence electrons. The Kier molecular flexibility index (Phi) is 7.85. The van der Waals surface area contributed by atoms with Gasteiger partial charge in [-0.1, -0.05) is 12.8 Å². The van der Waals surface area contributed by atoms with E-state index in [2.05, 4.69) is 17.9 Å². The fourth-order valence-electron chi connectivity index (χ4n) is 4.44. The Balaban J connectivity index is 1.46. The van der Waals surface area contributed by atoms with Gasteiger partial charge in [-0.15, -0.1) is 0 Å². The highest BCUT2D eigenvalue weighted by atomic mass is 32.2. The number of hydrogen-bond donors (Lipinski definition) is 2. The molecule has 2 aromatic heterocycles. The van der Waals surface area contributed by atoms with Crippen LogP contribution in [0.3, 0.4) is 0 Å². The van der Waals surface area contributed by atoms with Crippen molar-refractivity contribution in [1.82, 2.24) is 13.8 Å². The van der Waals surface area contributed by atoms with E-state index in [-0.39, 0.29) is 24.1 Å². The van der Waals surface area contributed by atoms with Crippen LogP contribution in [0.4, 0.5) is 8.78 Å². The van der Waals surface area contributed by atoms with Gasteiger partial charge in [-0.25, -0.2) is 13.5 Å². The Morgan fingerprint density at radius 3 is 2.81 bits per heavy atom. The summed E-state index contributed by atoms with van der Waals surface area (Å²) >= 11 is 5.95. The summed E-state index contributed by atoms with van der Waals surface area (Å²) in [6.45, 7) is 0.769. The minimum Gasteiger partial charge on any atom is -0.454 e. The van der Waals surface area contributed by atoms with Crippen LogP contribution in [0.2, 0.25) is 0 Å². The zero-order chi connectivity index (χ0) is 25.1. The number of thioether (sulfide) groups is 1. The molecule has 0 bridgehead atoms. The first-order valence-electron chi connectivity index (χ1n) is 11.9. The standard InChI is InChI=1S/C26H27F2N3O3S2/c27-21-5-4-17(15-20(21)23-7-9-30(29-23)25-3-1-2-12-33-25)34-26-19(8-13-36-14-11-32)18-6-10-31(35)24(18)16-22(26)28/h4-7,9-10,15-16,25,32,35H,1-3,8,11-14H2. The first-order chi connectivity index (χ1) is 17.5. The fourth-order valence-corrected chi connectivity index (χ4v) is 5.36. The number of aliphatic hydroxyl groups excluding tert-OH is 1. The van der Waals surface area contributed by atoms with E-state index in [1.807, 2.05) is 6.07 Å². The number of benzene rings is 2. The van der Waals surface area contributed by atoms with Crippen LogP contribution in [-0.4, -0.2) is 43.6 Å². The lowest BCUT2D eigenvalue weighted by molar-refractivity contribution is -0.0393. The number of aliphatic hydroxyl groups is 1. The number of aryl methyl sites for hydroxylation is 1. The Labute approximate surface area is 217 Å². The second-order valence-corrected chi connectivity index (χ2v) is 10.2. The number of rotatable bonds is 9. The summed E-state index contributed by atoms with van der Waals surface area (Å²) in [5, 5.41) is 14.5. The van der Waals surface area contributed by atoms with Crippen LogP contribution in [0.25, 0.3) is 22.2 Å². The molecule has 36 heavy (non-hydrogen) atoms. The highest BCUT2D eigenvalue weighted by Gasteiger charge is 2.20. The number of fused-ring (bicyclic) bond motifs is 1. The third-order valence-electron chi connectivity index (χ3n) is 6.21. The summed E-state index contributed by atoms with van der Waals surface area (Å²) in [4.78, 5) is 0. The van der Waals surface area contributed by atoms with E-state index in [0.29, 0.717) is 47.1 Å².